The molecule has 1 N–H and O–H groups in total. The van der Waals surface area contributed by atoms with Gasteiger partial charge in [-0.25, -0.2) is 4.98 Å². The molecule has 0 amide bonds. The van der Waals surface area contributed by atoms with E-state index in [9.17, 15) is 0 Å². The molecule has 0 aliphatic heterocycles. The van der Waals surface area contributed by atoms with E-state index in [1.165, 1.54) is 0 Å². The van der Waals surface area contributed by atoms with Crippen molar-refractivity contribution in [3.05, 3.63) is 41.7 Å². The Morgan fingerprint density at radius 1 is 1.00 bits per heavy atom. The highest BCUT2D eigenvalue weighted by molar-refractivity contribution is 5.48. The van der Waals surface area contributed by atoms with E-state index < -0.39 is 0 Å². The topological polar surface area (TPSA) is 56.3 Å². The molecule has 0 aliphatic rings. The van der Waals surface area contributed by atoms with Gasteiger partial charge in [-0.3, -0.25) is 0 Å². The number of para-hydroxylation sites is 1. The summed E-state index contributed by atoms with van der Waals surface area (Å²) in [6.07, 6.45) is 0. The van der Waals surface area contributed by atoms with Crippen molar-refractivity contribution >= 4 is 5.82 Å². The molecule has 0 saturated carbocycles. The van der Waals surface area contributed by atoms with Crippen LogP contribution in [0.25, 0.3) is 0 Å². The van der Waals surface area contributed by atoms with E-state index in [2.05, 4.69) is 15.3 Å². The quantitative estimate of drug-likeness (QED) is 0.793. The monoisotopic (exact) mass is 287 g/mol. The summed E-state index contributed by atoms with van der Waals surface area (Å²) in [5, 5.41) is 3.21. The maximum absolute atomic E-state index is 5.71. The number of anilines is 1. The molecule has 1 heterocycles. The van der Waals surface area contributed by atoms with E-state index >= 15 is 0 Å². The molecule has 5 nitrogen and oxygen atoms in total. The lowest BCUT2D eigenvalue weighted by atomic mass is 10.3. The molecule has 21 heavy (non-hydrogen) atoms. The van der Waals surface area contributed by atoms with E-state index in [-0.39, 0.29) is 0 Å². The first kappa shape index (κ1) is 15.1. The summed E-state index contributed by atoms with van der Waals surface area (Å²) < 4.78 is 11.3. The van der Waals surface area contributed by atoms with Crippen molar-refractivity contribution in [2.75, 3.05) is 25.1 Å². The first-order valence-electron chi connectivity index (χ1n) is 7.10. The van der Waals surface area contributed by atoms with Gasteiger partial charge in [0.15, 0.2) is 0 Å². The van der Waals surface area contributed by atoms with Crippen molar-refractivity contribution in [2.24, 2.45) is 0 Å². The first-order chi connectivity index (χ1) is 10.2. The number of rotatable bonds is 7. The van der Waals surface area contributed by atoms with Gasteiger partial charge in [0.05, 0.1) is 5.56 Å². The van der Waals surface area contributed by atoms with Crippen LogP contribution in [0.1, 0.15) is 18.3 Å². The molecule has 2 aromatic rings. The lowest BCUT2D eigenvalue weighted by Gasteiger charge is -2.13. The predicted octanol–water partition coefficient (Wildman–Crippen LogP) is 2.98. The van der Waals surface area contributed by atoms with Crippen LogP contribution in [-0.2, 0) is 0 Å². The van der Waals surface area contributed by atoms with Gasteiger partial charge in [-0.15, -0.1) is 0 Å². The van der Waals surface area contributed by atoms with Crippen molar-refractivity contribution in [3.8, 4) is 11.6 Å². The van der Waals surface area contributed by atoms with Crippen LogP contribution in [0.2, 0.25) is 0 Å². The lowest BCUT2D eigenvalue weighted by Crippen LogP contribution is -2.12. The number of hydrogen-bond acceptors (Lipinski definition) is 5. The van der Waals surface area contributed by atoms with Gasteiger partial charge in [0, 0.05) is 6.54 Å². The second-order valence-electron chi connectivity index (χ2n) is 4.59. The Hall–Kier alpha value is -2.30. The number of ether oxygens (including phenoxy) is 2. The molecule has 0 bridgehead atoms. The highest BCUT2D eigenvalue weighted by Gasteiger charge is 2.09. The highest BCUT2D eigenvalue weighted by atomic mass is 16.5. The van der Waals surface area contributed by atoms with Gasteiger partial charge in [0.25, 0.3) is 0 Å². The molecule has 1 aromatic heterocycles. The van der Waals surface area contributed by atoms with Crippen molar-refractivity contribution < 1.29 is 9.47 Å². The molecule has 0 spiro atoms. The number of nitrogens with one attached hydrogen (secondary N) is 1. The van der Waals surface area contributed by atoms with Gasteiger partial charge >= 0.3 is 0 Å². The third kappa shape index (κ3) is 4.34. The van der Waals surface area contributed by atoms with Gasteiger partial charge < -0.3 is 14.8 Å². The van der Waals surface area contributed by atoms with Crippen LogP contribution in [0.4, 0.5) is 5.82 Å². The van der Waals surface area contributed by atoms with Crippen LogP contribution in [0.15, 0.2) is 30.3 Å². The molecule has 1 aromatic carbocycles. The molecule has 5 heteroatoms. The van der Waals surface area contributed by atoms with Gasteiger partial charge in [0.2, 0.25) is 5.88 Å². The molecule has 0 aliphatic carbocycles. The van der Waals surface area contributed by atoms with Gasteiger partial charge in [-0.1, -0.05) is 18.2 Å². The molecule has 0 unspecified atom stereocenters. The maximum atomic E-state index is 5.71. The van der Waals surface area contributed by atoms with Gasteiger partial charge in [-0.05, 0) is 32.9 Å². The summed E-state index contributed by atoms with van der Waals surface area (Å²) in [7, 11) is 0. The van der Waals surface area contributed by atoms with Crippen molar-refractivity contribution in [1.82, 2.24) is 9.97 Å². The Morgan fingerprint density at radius 2 is 1.71 bits per heavy atom. The van der Waals surface area contributed by atoms with Crippen LogP contribution in [0, 0.1) is 13.8 Å². The first-order valence-corrected chi connectivity index (χ1v) is 7.10. The summed E-state index contributed by atoms with van der Waals surface area (Å²) in [4.78, 5) is 8.70. The minimum Gasteiger partial charge on any atom is -0.490 e. The van der Waals surface area contributed by atoms with Crippen LogP contribution >= 0.6 is 0 Å². The van der Waals surface area contributed by atoms with Gasteiger partial charge in [0.1, 0.15) is 30.6 Å². The fourth-order valence-electron chi connectivity index (χ4n) is 1.90. The second kappa shape index (κ2) is 7.47. The zero-order valence-electron chi connectivity index (χ0n) is 12.7. The number of benzene rings is 1. The maximum Gasteiger partial charge on any atom is 0.221 e. The SMILES string of the molecule is CCNc1nc(C)nc(OCCOc2ccccc2)c1C. The van der Waals surface area contributed by atoms with Crippen LogP contribution < -0.4 is 14.8 Å². The molecular weight excluding hydrogens is 266 g/mol. The molecule has 0 fully saturated rings. The van der Waals surface area contributed by atoms with Crippen molar-refractivity contribution in [3.63, 3.8) is 0 Å². The molecule has 112 valence electrons. The third-order valence-electron chi connectivity index (χ3n) is 2.89. The smallest absolute Gasteiger partial charge is 0.221 e. The summed E-state index contributed by atoms with van der Waals surface area (Å²) in [6.45, 7) is 7.57. The molecule has 0 atom stereocenters. The standard InChI is InChI=1S/C16H21N3O2/c1-4-17-15-12(2)16(19-13(3)18-15)21-11-10-20-14-8-6-5-7-9-14/h5-9H,4,10-11H2,1-3H3,(H,17,18,19). The van der Waals surface area contributed by atoms with Gasteiger partial charge in [-0.2, -0.15) is 4.98 Å². The van der Waals surface area contributed by atoms with E-state index in [1.54, 1.807) is 0 Å². The Balaban J connectivity index is 1.91. The molecule has 0 radical (unpaired) electrons. The fraction of sp³-hybridized carbons (Fsp3) is 0.375. The average molecular weight is 287 g/mol. The Labute approximate surface area is 125 Å². The fourth-order valence-corrected chi connectivity index (χ4v) is 1.90. The van der Waals surface area contributed by atoms with Crippen molar-refractivity contribution in [1.29, 1.82) is 0 Å². The zero-order chi connectivity index (χ0) is 15.1. The minimum atomic E-state index is 0.442. The average Bonchev–Trinajstić information content (AvgIpc) is 2.49. The normalized spacial score (nSPS) is 10.2. The highest BCUT2D eigenvalue weighted by Crippen LogP contribution is 2.21. The number of nitrogens with zero attached hydrogens (tertiary/aromatic N) is 2. The zero-order valence-corrected chi connectivity index (χ0v) is 12.7. The van der Waals surface area contributed by atoms with Crippen LogP contribution in [0.5, 0.6) is 11.6 Å². The molecule has 0 saturated heterocycles. The number of hydrogen-bond donors (Lipinski definition) is 1. The Morgan fingerprint density at radius 3 is 2.43 bits per heavy atom. The summed E-state index contributed by atoms with van der Waals surface area (Å²) >= 11 is 0. The Bertz CT molecular complexity index is 573. The third-order valence-corrected chi connectivity index (χ3v) is 2.89. The molecule has 2 rings (SSSR count). The predicted molar refractivity (Wildman–Crippen MR) is 83.1 cm³/mol. The summed E-state index contributed by atoms with van der Waals surface area (Å²) in [6, 6.07) is 9.68. The van der Waals surface area contributed by atoms with Crippen LogP contribution in [-0.4, -0.2) is 29.7 Å². The lowest BCUT2D eigenvalue weighted by molar-refractivity contribution is 0.210. The van der Waals surface area contributed by atoms with Crippen molar-refractivity contribution in [2.45, 2.75) is 20.8 Å². The molecular formula is C16H21N3O2. The number of aryl methyl sites for hydroxylation is 1. The van der Waals surface area contributed by atoms with E-state index in [0.29, 0.717) is 24.9 Å². The second-order valence-corrected chi connectivity index (χ2v) is 4.59. The van der Waals surface area contributed by atoms with E-state index in [1.807, 2.05) is 51.1 Å². The Kier molecular flexibility index (Phi) is 5.37. The summed E-state index contributed by atoms with van der Waals surface area (Å²) in [5.41, 5.74) is 0.919. The largest absolute Gasteiger partial charge is 0.490 e. The van der Waals surface area contributed by atoms with E-state index in [4.69, 9.17) is 9.47 Å². The number of aromatic nitrogens is 2. The summed E-state index contributed by atoms with van der Waals surface area (Å²) in [5.74, 6) is 2.96. The van der Waals surface area contributed by atoms with E-state index in [0.717, 1.165) is 23.7 Å². The minimum absolute atomic E-state index is 0.442. The van der Waals surface area contributed by atoms with Crippen LogP contribution in [0.3, 0.4) is 0 Å².